The van der Waals surface area contributed by atoms with E-state index < -0.39 is 5.97 Å². The number of hydrogen-bond acceptors (Lipinski definition) is 4. The van der Waals surface area contributed by atoms with Gasteiger partial charge in [0, 0.05) is 6.54 Å². The molecule has 0 spiro atoms. The highest BCUT2D eigenvalue weighted by atomic mass is 79.9. The van der Waals surface area contributed by atoms with Crippen LogP contribution in [0.5, 0.6) is 0 Å². The molecular weight excluding hydrogens is 380 g/mol. The van der Waals surface area contributed by atoms with Crippen molar-refractivity contribution in [1.82, 2.24) is 9.78 Å². The minimum Gasteiger partial charge on any atom is -0.462 e. The number of rotatable bonds is 6. The van der Waals surface area contributed by atoms with E-state index in [1.54, 1.807) is 11.6 Å². The number of aryl methyl sites for hydroxylation is 1. The second-order valence-corrected chi connectivity index (χ2v) is 6.00. The van der Waals surface area contributed by atoms with Gasteiger partial charge in [-0.1, -0.05) is 13.8 Å². The van der Waals surface area contributed by atoms with Gasteiger partial charge in [0.15, 0.2) is 0 Å². The molecule has 0 saturated heterocycles. The monoisotopic (exact) mass is 396 g/mol. The van der Waals surface area contributed by atoms with Gasteiger partial charge in [0.2, 0.25) is 0 Å². The molecule has 0 aliphatic carbocycles. The Hall–Kier alpha value is -0.400. The Labute approximate surface area is 129 Å². The van der Waals surface area contributed by atoms with E-state index >= 15 is 0 Å². The molecule has 0 aromatic carbocycles. The van der Waals surface area contributed by atoms with Crippen molar-refractivity contribution in [2.24, 2.45) is 5.92 Å². The molecule has 1 atom stereocenters. The molecule has 0 radical (unpaired) electrons. The largest absolute Gasteiger partial charge is 0.462 e. The van der Waals surface area contributed by atoms with Crippen LogP contribution in [0.2, 0.25) is 0 Å². The van der Waals surface area contributed by atoms with Crippen LogP contribution in [0.3, 0.4) is 0 Å². The molecule has 0 bridgehead atoms. The summed E-state index contributed by atoms with van der Waals surface area (Å²) in [5.41, 5.74) is 0.376. The van der Waals surface area contributed by atoms with Crippen molar-refractivity contribution >= 4 is 37.8 Å². The van der Waals surface area contributed by atoms with Gasteiger partial charge in [0.05, 0.1) is 12.7 Å². The molecule has 0 aliphatic heterocycles. The van der Waals surface area contributed by atoms with Crippen molar-refractivity contribution < 1.29 is 14.6 Å². The third-order valence-electron chi connectivity index (χ3n) is 2.73. The van der Waals surface area contributed by atoms with E-state index in [0.29, 0.717) is 34.3 Å². The fourth-order valence-electron chi connectivity index (χ4n) is 1.52. The van der Waals surface area contributed by atoms with E-state index in [2.05, 4.69) is 37.0 Å². The van der Waals surface area contributed by atoms with E-state index in [1.807, 2.05) is 13.8 Å². The van der Waals surface area contributed by atoms with Crippen molar-refractivity contribution in [3.05, 3.63) is 14.8 Å². The van der Waals surface area contributed by atoms with Gasteiger partial charge in [-0.2, -0.15) is 5.10 Å². The standard InChI is InChI=1S/C12H18Br2N2O3/c1-4-19-12(18)9-10(13)15-16(11(9)14)6-5-8(17)7(2)3/h7-8,17H,4-6H2,1-3H3. The van der Waals surface area contributed by atoms with Gasteiger partial charge in [-0.25, -0.2) is 4.79 Å². The number of ether oxygens (including phenoxy) is 1. The summed E-state index contributed by atoms with van der Waals surface area (Å²) >= 11 is 6.60. The lowest BCUT2D eigenvalue weighted by molar-refractivity contribution is 0.0524. The molecule has 7 heteroatoms. The molecule has 0 aliphatic rings. The number of carbonyl (C=O) groups is 1. The van der Waals surface area contributed by atoms with Crippen LogP contribution in [0.1, 0.15) is 37.6 Å². The lowest BCUT2D eigenvalue weighted by atomic mass is 10.0. The summed E-state index contributed by atoms with van der Waals surface area (Å²) in [7, 11) is 0. The third-order valence-corrected chi connectivity index (χ3v) is 4.09. The number of aliphatic hydroxyl groups excluding tert-OH is 1. The molecule has 0 fully saturated rings. The summed E-state index contributed by atoms with van der Waals surface area (Å²) < 4.78 is 7.61. The van der Waals surface area contributed by atoms with Crippen LogP contribution < -0.4 is 0 Å². The Morgan fingerprint density at radius 2 is 2.11 bits per heavy atom. The maximum Gasteiger partial charge on any atom is 0.343 e. The van der Waals surface area contributed by atoms with E-state index in [0.717, 1.165) is 0 Å². The van der Waals surface area contributed by atoms with Crippen LogP contribution in [0.4, 0.5) is 0 Å². The van der Waals surface area contributed by atoms with Gasteiger partial charge in [-0.05, 0) is 51.1 Å². The fourth-order valence-corrected chi connectivity index (χ4v) is 2.94. The van der Waals surface area contributed by atoms with E-state index in [4.69, 9.17) is 4.74 Å². The predicted octanol–water partition coefficient (Wildman–Crippen LogP) is 2.99. The molecule has 1 rings (SSSR count). The minimum atomic E-state index is -0.420. The molecule has 1 unspecified atom stereocenters. The molecule has 1 aromatic rings. The Morgan fingerprint density at radius 1 is 1.47 bits per heavy atom. The van der Waals surface area contributed by atoms with Crippen LogP contribution in [0.25, 0.3) is 0 Å². The zero-order valence-corrected chi connectivity index (χ0v) is 14.4. The van der Waals surface area contributed by atoms with Gasteiger partial charge in [0.25, 0.3) is 0 Å². The molecular formula is C12H18Br2N2O3. The zero-order valence-electron chi connectivity index (χ0n) is 11.2. The van der Waals surface area contributed by atoms with Crippen molar-refractivity contribution in [2.75, 3.05) is 6.61 Å². The number of esters is 1. The Morgan fingerprint density at radius 3 is 2.63 bits per heavy atom. The predicted molar refractivity (Wildman–Crippen MR) is 79.0 cm³/mol. The van der Waals surface area contributed by atoms with Gasteiger partial charge in [-0.3, -0.25) is 4.68 Å². The first kappa shape index (κ1) is 16.7. The average Bonchev–Trinajstić information content (AvgIpc) is 2.61. The van der Waals surface area contributed by atoms with E-state index in [-0.39, 0.29) is 12.0 Å². The SMILES string of the molecule is CCOC(=O)c1c(Br)nn(CCC(O)C(C)C)c1Br. The highest BCUT2D eigenvalue weighted by molar-refractivity contribution is 9.11. The topological polar surface area (TPSA) is 64.3 Å². The number of halogens is 2. The summed E-state index contributed by atoms with van der Waals surface area (Å²) in [6.07, 6.45) is 0.188. The summed E-state index contributed by atoms with van der Waals surface area (Å²) in [5.74, 6) is -0.223. The fraction of sp³-hybridized carbons (Fsp3) is 0.667. The maximum atomic E-state index is 11.8. The van der Waals surface area contributed by atoms with E-state index in [9.17, 15) is 9.90 Å². The highest BCUT2D eigenvalue weighted by Crippen LogP contribution is 2.26. The number of aromatic nitrogens is 2. The van der Waals surface area contributed by atoms with Crippen LogP contribution in [0.15, 0.2) is 9.21 Å². The van der Waals surface area contributed by atoms with Crippen molar-refractivity contribution in [3.63, 3.8) is 0 Å². The van der Waals surface area contributed by atoms with Crippen molar-refractivity contribution in [2.45, 2.75) is 39.8 Å². The lowest BCUT2D eigenvalue weighted by Gasteiger charge is -2.14. The van der Waals surface area contributed by atoms with Gasteiger partial charge < -0.3 is 9.84 Å². The molecule has 1 N–H and O–H groups in total. The summed E-state index contributed by atoms with van der Waals surface area (Å²) in [5, 5.41) is 14.0. The van der Waals surface area contributed by atoms with Crippen LogP contribution in [-0.2, 0) is 11.3 Å². The first-order valence-corrected chi connectivity index (χ1v) is 7.74. The highest BCUT2D eigenvalue weighted by Gasteiger charge is 2.22. The zero-order chi connectivity index (χ0) is 14.6. The average molecular weight is 398 g/mol. The molecule has 1 heterocycles. The quantitative estimate of drug-likeness (QED) is 0.749. The number of nitrogens with zero attached hydrogens (tertiary/aromatic N) is 2. The minimum absolute atomic E-state index is 0.197. The molecule has 19 heavy (non-hydrogen) atoms. The third kappa shape index (κ3) is 4.29. The van der Waals surface area contributed by atoms with Gasteiger partial charge >= 0.3 is 5.97 Å². The molecule has 108 valence electrons. The second-order valence-electron chi connectivity index (χ2n) is 4.50. The maximum absolute atomic E-state index is 11.8. The lowest BCUT2D eigenvalue weighted by Crippen LogP contribution is -2.18. The molecule has 5 nitrogen and oxygen atoms in total. The normalized spacial score (nSPS) is 12.8. The Bertz CT molecular complexity index is 446. The van der Waals surface area contributed by atoms with Gasteiger partial charge in [0.1, 0.15) is 14.8 Å². The molecule has 0 saturated carbocycles. The van der Waals surface area contributed by atoms with Crippen molar-refractivity contribution in [1.29, 1.82) is 0 Å². The number of hydrogen-bond donors (Lipinski definition) is 1. The molecule has 1 aromatic heterocycles. The van der Waals surface area contributed by atoms with Crippen LogP contribution in [0, 0.1) is 5.92 Å². The summed E-state index contributed by atoms with van der Waals surface area (Å²) in [4.78, 5) is 11.8. The van der Waals surface area contributed by atoms with Crippen LogP contribution >= 0.6 is 31.9 Å². The summed E-state index contributed by atoms with van der Waals surface area (Å²) in [6.45, 7) is 6.52. The van der Waals surface area contributed by atoms with Crippen LogP contribution in [-0.4, -0.2) is 33.6 Å². The van der Waals surface area contributed by atoms with Crippen molar-refractivity contribution in [3.8, 4) is 0 Å². The molecule has 0 amide bonds. The Kier molecular flexibility index (Phi) is 6.49. The first-order valence-electron chi connectivity index (χ1n) is 6.15. The second kappa shape index (κ2) is 7.40. The summed E-state index contributed by atoms with van der Waals surface area (Å²) in [6, 6.07) is 0. The number of aliphatic hydroxyl groups is 1. The van der Waals surface area contributed by atoms with E-state index in [1.165, 1.54) is 0 Å². The smallest absolute Gasteiger partial charge is 0.343 e. The number of carbonyl (C=O) groups excluding carboxylic acids is 1. The Balaban J connectivity index is 2.82. The van der Waals surface area contributed by atoms with Gasteiger partial charge in [-0.15, -0.1) is 0 Å². The first-order chi connectivity index (χ1) is 8.88.